The van der Waals surface area contributed by atoms with Crippen LogP contribution in [0.4, 0.5) is 0 Å². The molecule has 2 bridgehead atoms. The number of aliphatic hydroxyl groups is 1. The topological polar surface area (TPSA) is 99.1 Å². The maximum atomic E-state index is 13.2. The number of benzene rings is 1. The van der Waals surface area contributed by atoms with Crippen molar-refractivity contribution >= 4 is 17.9 Å². The molecule has 0 aromatic heterocycles. The number of carbonyl (C=O) groups excluding carboxylic acids is 3. The molecule has 4 aliphatic rings. The molecule has 7 nitrogen and oxygen atoms in total. The number of esters is 3. The van der Waals surface area contributed by atoms with Crippen LogP contribution in [0.2, 0.25) is 0 Å². The monoisotopic (exact) mass is 426 g/mol. The third-order valence-electron chi connectivity index (χ3n) is 7.43. The highest BCUT2D eigenvalue weighted by Gasteiger charge is 2.70. The molecule has 0 spiro atoms. The third kappa shape index (κ3) is 3.17. The zero-order valence-electron chi connectivity index (χ0n) is 17.4. The Bertz CT molecular complexity index is 960. The quantitative estimate of drug-likeness (QED) is 0.439. The molecule has 7 heteroatoms. The molecule has 31 heavy (non-hydrogen) atoms. The molecule has 0 radical (unpaired) electrons. The molecular formula is C24H26O7. The average Bonchev–Trinajstić information content (AvgIpc) is 3.46. The molecule has 3 aliphatic carbocycles. The van der Waals surface area contributed by atoms with Gasteiger partial charge in [-0.25, -0.2) is 4.79 Å². The Hall–Kier alpha value is -2.67. The Kier molecular flexibility index (Phi) is 4.70. The molecule has 1 heterocycles. The lowest BCUT2D eigenvalue weighted by molar-refractivity contribution is -0.160. The van der Waals surface area contributed by atoms with E-state index in [1.165, 1.54) is 0 Å². The van der Waals surface area contributed by atoms with E-state index < -0.39 is 47.6 Å². The van der Waals surface area contributed by atoms with Crippen LogP contribution < -0.4 is 4.74 Å². The summed E-state index contributed by atoms with van der Waals surface area (Å²) in [6, 6.07) is 6.96. The van der Waals surface area contributed by atoms with Gasteiger partial charge in [-0.2, -0.15) is 0 Å². The summed E-state index contributed by atoms with van der Waals surface area (Å²) in [6.07, 6.45) is 2.69. The van der Waals surface area contributed by atoms with Gasteiger partial charge in [-0.05, 0) is 43.9 Å². The van der Waals surface area contributed by atoms with E-state index in [0.29, 0.717) is 25.0 Å². The molecule has 6 unspecified atom stereocenters. The normalized spacial score (nSPS) is 34.5. The molecule has 1 N–H and O–H groups in total. The van der Waals surface area contributed by atoms with Crippen LogP contribution in [-0.4, -0.2) is 35.2 Å². The van der Waals surface area contributed by atoms with Crippen molar-refractivity contribution in [2.24, 2.45) is 23.7 Å². The Morgan fingerprint density at radius 2 is 1.97 bits per heavy atom. The molecule has 1 aromatic rings. The zero-order chi connectivity index (χ0) is 21.9. The fourth-order valence-corrected chi connectivity index (χ4v) is 5.97. The summed E-state index contributed by atoms with van der Waals surface area (Å²) in [7, 11) is 0. The molecule has 4 fully saturated rings. The largest absolute Gasteiger partial charge is 0.458 e. The van der Waals surface area contributed by atoms with E-state index in [9.17, 15) is 19.5 Å². The van der Waals surface area contributed by atoms with Crippen molar-refractivity contribution in [1.29, 1.82) is 0 Å². The fraction of sp³-hybridized carbons (Fsp3) is 0.542. The van der Waals surface area contributed by atoms with Gasteiger partial charge >= 0.3 is 17.9 Å². The highest BCUT2D eigenvalue weighted by atomic mass is 16.6. The van der Waals surface area contributed by atoms with Gasteiger partial charge in [0.2, 0.25) is 0 Å². The van der Waals surface area contributed by atoms with Crippen molar-refractivity contribution in [1.82, 2.24) is 0 Å². The SMILES string of the molecule is C=C(C)C(=O)OC1C2CC3C1OC(=O)C3C2C(=O)Oc1cccc(C2(O)CCCC2)c1. The molecule has 164 valence electrons. The summed E-state index contributed by atoms with van der Waals surface area (Å²) in [5.74, 6) is -2.94. The standard InChI is InChI=1S/C24H26O7/c1-12(2)21(25)30-19-15-11-16-18(23(27)31-20(16)19)17(15)22(26)29-14-7-5-6-13(10-14)24(28)8-3-4-9-24/h5-7,10,15-20,28H,1,3-4,8-9,11H2,2H3. The Morgan fingerprint density at radius 1 is 1.23 bits per heavy atom. The molecule has 1 aromatic carbocycles. The minimum absolute atomic E-state index is 0.150. The lowest BCUT2D eigenvalue weighted by Crippen LogP contribution is -2.44. The van der Waals surface area contributed by atoms with E-state index in [4.69, 9.17) is 14.2 Å². The summed E-state index contributed by atoms with van der Waals surface area (Å²) >= 11 is 0. The Balaban J connectivity index is 1.36. The number of ether oxygens (including phenoxy) is 3. The van der Waals surface area contributed by atoms with Crippen LogP contribution in [0.1, 0.15) is 44.6 Å². The maximum Gasteiger partial charge on any atom is 0.333 e. The van der Waals surface area contributed by atoms with Crippen LogP contribution in [0.3, 0.4) is 0 Å². The molecule has 0 amide bonds. The van der Waals surface area contributed by atoms with Gasteiger partial charge in [-0.1, -0.05) is 31.6 Å². The highest BCUT2D eigenvalue weighted by molar-refractivity contribution is 5.89. The van der Waals surface area contributed by atoms with Crippen LogP contribution in [-0.2, 0) is 29.5 Å². The second-order valence-corrected chi connectivity index (χ2v) is 9.35. The van der Waals surface area contributed by atoms with E-state index in [1.807, 2.05) is 6.07 Å². The first-order valence-corrected chi connectivity index (χ1v) is 10.9. The molecule has 1 aliphatic heterocycles. The van der Waals surface area contributed by atoms with Gasteiger partial charge < -0.3 is 19.3 Å². The first kappa shape index (κ1) is 20.2. The molecule has 3 saturated carbocycles. The summed E-state index contributed by atoms with van der Waals surface area (Å²) in [4.78, 5) is 37.7. The van der Waals surface area contributed by atoms with Gasteiger partial charge in [-0.15, -0.1) is 0 Å². The van der Waals surface area contributed by atoms with Crippen molar-refractivity contribution in [2.75, 3.05) is 0 Å². The van der Waals surface area contributed by atoms with E-state index in [2.05, 4.69) is 6.58 Å². The minimum atomic E-state index is -0.890. The van der Waals surface area contributed by atoms with Crippen molar-refractivity contribution in [3.05, 3.63) is 42.0 Å². The number of fused-ring (bicyclic) bond motifs is 1. The number of hydrogen-bond donors (Lipinski definition) is 1. The number of carbonyl (C=O) groups is 3. The number of hydrogen-bond acceptors (Lipinski definition) is 7. The van der Waals surface area contributed by atoms with Crippen LogP contribution in [0.15, 0.2) is 36.4 Å². The molecule has 5 rings (SSSR count). The first-order chi connectivity index (χ1) is 14.8. The fourth-order valence-electron chi connectivity index (χ4n) is 5.97. The average molecular weight is 426 g/mol. The summed E-state index contributed by atoms with van der Waals surface area (Å²) in [5.41, 5.74) is 0.0976. The van der Waals surface area contributed by atoms with Crippen LogP contribution in [0.25, 0.3) is 0 Å². The second kappa shape index (κ2) is 7.19. The van der Waals surface area contributed by atoms with Gasteiger partial charge in [0.15, 0.2) is 0 Å². The molecule has 1 saturated heterocycles. The van der Waals surface area contributed by atoms with Gasteiger partial charge in [0, 0.05) is 17.4 Å². The summed E-state index contributed by atoms with van der Waals surface area (Å²) in [6.45, 7) is 5.15. The van der Waals surface area contributed by atoms with Gasteiger partial charge in [-0.3, -0.25) is 9.59 Å². The molecule has 6 atom stereocenters. The zero-order valence-corrected chi connectivity index (χ0v) is 17.4. The summed E-state index contributed by atoms with van der Waals surface area (Å²) in [5, 5.41) is 10.8. The first-order valence-electron chi connectivity index (χ1n) is 10.9. The van der Waals surface area contributed by atoms with E-state index in [-0.39, 0.29) is 17.4 Å². The van der Waals surface area contributed by atoms with Gasteiger partial charge in [0.25, 0.3) is 0 Å². The highest BCUT2D eigenvalue weighted by Crippen LogP contribution is 2.59. The van der Waals surface area contributed by atoms with E-state index in [1.54, 1.807) is 25.1 Å². The number of rotatable bonds is 5. The Morgan fingerprint density at radius 3 is 2.68 bits per heavy atom. The second-order valence-electron chi connectivity index (χ2n) is 9.35. The lowest BCUT2D eigenvalue weighted by Gasteiger charge is -2.30. The van der Waals surface area contributed by atoms with Crippen LogP contribution >= 0.6 is 0 Å². The van der Waals surface area contributed by atoms with Crippen molar-refractivity contribution in [3.8, 4) is 5.75 Å². The van der Waals surface area contributed by atoms with Gasteiger partial charge in [0.05, 0.1) is 17.4 Å². The maximum absolute atomic E-state index is 13.2. The predicted molar refractivity (Wildman–Crippen MR) is 108 cm³/mol. The van der Waals surface area contributed by atoms with Gasteiger partial charge in [0.1, 0.15) is 18.0 Å². The smallest absolute Gasteiger partial charge is 0.333 e. The van der Waals surface area contributed by atoms with E-state index >= 15 is 0 Å². The van der Waals surface area contributed by atoms with Crippen molar-refractivity contribution < 1.29 is 33.7 Å². The van der Waals surface area contributed by atoms with Crippen molar-refractivity contribution in [3.63, 3.8) is 0 Å². The molecular weight excluding hydrogens is 400 g/mol. The van der Waals surface area contributed by atoms with E-state index in [0.717, 1.165) is 18.4 Å². The minimum Gasteiger partial charge on any atom is -0.458 e. The predicted octanol–water partition coefficient (Wildman–Crippen LogP) is 2.65. The van der Waals surface area contributed by atoms with Crippen molar-refractivity contribution in [2.45, 2.75) is 56.8 Å². The Labute approximate surface area is 180 Å². The van der Waals surface area contributed by atoms with Crippen LogP contribution in [0.5, 0.6) is 5.75 Å². The third-order valence-corrected chi connectivity index (χ3v) is 7.43. The van der Waals surface area contributed by atoms with Crippen LogP contribution in [0, 0.1) is 23.7 Å². The summed E-state index contributed by atoms with van der Waals surface area (Å²) < 4.78 is 16.7. The lowest BCUT2D eigenvalue weighted by atomic mass is 9.78.